The quantitative estimate of drug-likeness (QED) is 0.563. The number of alkyl halides is 2. The number of carbonyl (C=O) groups is 1. The lowest BCUT2D eigenvalue weighted by molar-refractivity contribution is -0.148. The number of benzene rings is 2. The van der Waals surface area contributed by atoms with Gasteiger partial charge in [-0.25, -0.2) is 4.98 Å². The SMILES string of the molecule is COc1ccc(OC)c(CC(=O)OC(C)c2nc3ccccc3n2C(F)F)c1. The van der Waals surface area contributed by atoms with Crippen LogP contribution in [0, 0.1) is 0 Å². The highest BCUT2D eigenvalue weighted by Crippen LogP contribution is 2.29. The highest BCUT2D eigenvalue weighted by molar-refractivity contribution is 5.77. The number of hydrogen-bond donors (Lipinski definition) is 0. The van der Waals surface area contributed by atoms with E-state index in [1.165, 1.54) is 21.1 Å². The fraction of sp³-hybridized carbons (Fsp3) is 0.300. The number of ether oxygens (including phenoxy) is 3. The average molecular weight is 390 g/mol. The smallest absolute Gasteiger partial charge is 0.320 e. The van der Waals surface area contributed by atoms with Gasteiger partial charge in [-0.05, 0) is 37.3 Å². The first-order valence-electron chi connectivity index (χ1n) is 8.60. The van der Waals surface area contributed by atoms with Gasteiger partial charge in [0.15, 0.2) is 11.9 Å². The molecule has 1 heterocycles. The molecular weight excluding hydrogens is 370 g/mol. The van der Waals surface area contributed by atoms with Gasteiger partial charge >= 0.3 is 12.5 Å². The molecule has 0 saturated carbocycles. The van der Waals surface area contributed by atoms with Crippen molar-refractivity contribution in [3.63, 3.8) is 0 Å². The van der Waals surface area contributed by atoms with Crippen LogP contribution in [-0.2, 0) is 16.0 Å². The van der Waals surface area contributed by atoms with Crippen molar-refractivity contribution in [1.29, 1.82) is 0 Å². The molecule has 0 fully saturated rings. The van der Waals surface area contributed by atoms with Crippen LogP contribution in [0.2, 0.25) is 0 Å². The Morgan fingerprint density at radius 2 is 1.89 bits per heavy atom. The van der Waals surface area contributed by atoms with E-state index >= 15 is 0 Å². The fourth-order valence-electron chi connectivity index (χ4n) is 3.02. The van der Waals surface area contributed by atoms with E-state index in [4.69, 9.17) is 14.2 Å². The molecule has 1 unspecified atom stereocenters. The van der Waals surface area contributed by atoms with Crippen molar-refractivity contribution in [3.8, 4) is 11.5 Å². The minimum atomic E-state index is -2.80. The molecule has 0 saturated heterocycles. The number of carbonyl (C=O) groups excluding carboxylic acids is 1. The molecular formula is C20H20F2N2O4. The second-order valence-electron chi connectivity index (χ2n) is 6.09. The fourth-order valence-corrected chi connectivity index (χ4v) is 3.02. The van der Waals surface area contributed by atoms with Crippen molar-refractivity contribution < 1.29 is 27.8 Å². The Labute approximate surface area is 160 Å². The van der Waals surface area contributed by atoms with E-state index in [0.717, 1.165) is 4.57 Å². The molecule has 0 aliphatic rings. The number of hydrogen-bond acceptors (Lipinski definition) is 5. The van der Waals surface area contributed by atoms with E-state index < -0.39 is 18.6 Å². The summed E-state index contributed by atoms with van der Waals surface area (Å²) in [4.78, 5) is 16.6. The lowest BCUT2D eigenvalue weighted by Gasteiger charge is -2.16. The first-order chi connectivity index (χ1) is 13.4. The molecule has 1 atom stereocenters. The van der Waals surface area contributed by atoms with Gasteiger partial charge in [0.25, 0.3) is 0 Å². The van der Waals surface area contributed by atoms with Crippen LogP contribution < -0.4 is 9.47 Å². The average Bonchev–Trinajstić information content (AvgIpc) is 3.07. The second kappa shape index (κ2) is 8.24. The minimum absolute atomic E-state index is 0.0119. The molecule has 0 spiro atoms. The molecule has 148 valence electrons. The molecule has 0 aliphatic heterocycles. The van der Waals surface area contributed by atoms with Gasteiger partial charge in [-0.2, -0.15) is 8.78 Å². The molecule has 6 nitrogen and oxygen atoms in total. The number of methoxy groups -OCH3 is 2. The summed E-state index contributed by atoms with van der Waals surface area (Å²) in [6.07, 6.45) is -1.05. The van der Waals surface area contributed by atoms with E-state index in [2.05, 4.69) is 4.98 Å². The maximum Gasteiger partial charge on any atom is 0.320 e. The van der Waals surface area contributed by atoms with E-state index in [0.29, 0.717) is 22.6 Å². The van der Waals surface area contributed by atoms with Crippen LogP contribution in [0.25, 0.3) is 11.0 Å². The molecule has 3 aromatic rings. The zero-order valence-electron chi connectivity index (χ0n) is 15.7. The van der Waals surface area contributed by atoms with Crippen LogP contribution >= 0.6 is 0 Å². The molecule has 8 heteroatoms. The number of imidazole rings is 1. The van der Waals surface area contributed by atoms with Gasteiger partial charge in [-0.3, -0.25) is 9.36 Å². The Balaban J connectivity index is 1.82. The molecule has 0 aliphatic carbocycles. The Bertz CT molecular complexity index is 987. The maximum atomic E-state index is 13.6. The van der Waals surface area contributed by atoms with Crippen molar-refractivity contribution in [2.45, 2.75) is 26.0 Å². The topological polar surface area (TPSA) is 62.6 Å². The van der Waals surface area contributed by atoms with Gasteiger partial charge in [-0.15, -0.1) is 0 Å². The first kappa shape index (κ1) is 19.6. The normalized spacial score (nSPS) is 12.2. The summed E-state index contributed by atoms with van der Waals surface area (Å²) in [6.45, 7) is -1.29. The summed E-state index contributed by atoms with van der Waals surface area (Å²) in [7, 11) is 3.01. The molecule has 0 radical (unpaired) electrons. The van der Waals surface area contributed by atoms with Crippen LogP contribution in [-0.4, -0.2) is 29.7 Å². The molecule has 28 heavy (non-hydrogen) atoms. The van der Waals surface area contributed by atoms with Crippen LogP contribution in [0.4, 0.5) is 8.78 Å². The number of halogens is 2. The Kier molecular flexibility index (Phi) is 5.77. The zero-order chi connectivity index (χ0) is 20.3. The number of fused-ring (bicyclic) bond motifs is 1. The highest BCUT2D eigenvalue weighted by Gasteiger charge is 2.24. The van der Waals surface area contributed by atoms with Crippen molar-refractivity contribution in [2.24, 2.45) is 0 Å². The van der Waals surface area contributed by atoms with Crippen LogP contribution in [0.15, 0.2) is 42.5 Å². The number of nitrogens with zero attached hydrogens (tertiary/aromatic N) is 2. The molecule has 2 aromatic carbocycles. The van der Waals surface area contributed by atoms with Crippen LogP contribution in [0.5, 0.6) is 11.5 Å². The van der Waals surface area contributed by atoms with Gasteiger partial charge < -0.3 is 14.2 Å². The van der Waals surface area contributed by atoms with Gasteiger partial charge in [0.1, 0.15) is 11.5 Å². The third-order valence-electron chi connectivity index (χ3n) is 4.31. The van der Waals surface area contributed by atoms with Gasteiger partial charge in [0.05, 0.1) is 31.7 Å². The van der Waals surface area contributed by atoms with Crippen LogP contribution in [0.1, 0.15) is 31.0 Å². The molecule has 0 amide bonds. The molecule has 1 aromatic heterocycles. The predicted molar refractivity (Wildman–Crippen MR) is 98.7 cm³/mol. The molecule has 0 N–H and O–H groups in total. The molecule has 3 rings (SSSR count). The van der Waals surface area contributed by atoms with Gasteiger partial charge in [-0.1, -0.05) is 12.1 Å². The van der Waals surface area contributed by atoms with Crippen molar-refractivity contribution in [1.82, 2.24) is 9.55 Å². The van der Waals surface area contributed by atoms with E-state index in [1.807, 2.05) is 0 Å². The zero-order valence-corrected chi connectivity index (χ0v) is 15.7. The maximum absolute atomic E-state index is 13.6. The summed E-state index contributed by atoms with van der Waals surface area (Å²) < 4.78 is 43.7. The third kappa shape index (κ3) is 3.90. The summed E-state index contributed by atoms with van der Waals surface area (Å²) in [5, 5.41) is 0. The predicted octanol–water partition coefficient (Wildman–Crippen LogP) is 4.30. The van der Waals surface area contributed by atoms with Crippen molar-refractivity contribution in [2.75, 3.05) is 14.2 Å². The largest absolute Gasteiger partial charge is 0.497 e. The first-order valence-corrected chi connectivity index (χ1v) is 8.60. The highest BCUT2D eigenvalue weighted by atomic mass is 19.3. The number of aromatic nitrogens is 2. The van der Waals surface area contributed by atoms with Crippen molar-refractivity contribution in [3.05, 3.63) is 53.9 Å². The number of para-hydroxylation sites is 2. The van der Waals surface area contributed by atoms with E-state index in [-0.39, 0.29) is 17.8 Å². The lowest BCUT2D eigenvalue weighted by Crippen LogP contribution is -2.16. The summed E-state index contributed by atoms with van der Waals surface area (Å²) >= 11 is 0. The van der Waals surface area contributed by atoms with E-state index in [1.54, 1.807) is 42.5 Å². The van der Waals surface area contributed by atoms with Gasteiger partial charge in [0, 0.05) is 5.56 Å². The molecule has 0 bridgehead atoms. The Morgan fingerprint density at radius 1 is 1.14 bits per heavy atom. The number of esters is 1. The van der Waals surface area contributed by atoms with Gasteiger partial charge in [0.2, 0.25) is 0 Å². The minimum Gasteiger partial charge on any atom is -0.497 e. The summed E-state index contributed by atoms with van der Waals surface area (Å²) in [5.41, 5.74) is 1.27. The second-order valence-corrected chi connectivity index (χ2v) is 6.09. The number of rotatable bonds is 7. The third-order valence-corrected chi connectivity index (χ3v) is 4.31. The Hall–Kier alpha value is -3.16. The monoisotopic (exact) mass is 390 g/mol. The lowest BCUT2D eigenvalue weighted by atomic mass is 10.1. The van der Waals surface area contributed by atoms with E-state index in [9.17, 15) is 13.6 Å². The van der Waals surface area contributed by atoms with Crippen molar-refractivity contribution >= 4 is 17.0 Å². The standard InChI is InChI=1S/C20H20F2N2O4/c1-12(19-23-15-6-4-5-7-16(15)24(19)20(21)22)28-18(25)11-13-10-14(26-2)8-9-17(13)27-3/h4-10,12,20H,11H2,1-3H3. The summed E-state index contributed by atoms with van der Waals surface area (Å²) in [6, 6.07) is 11.6. The Morgan fingerprint density at radius 3 is 2.57 bits per heavy atom. The van der Waals surface area contributed by atoms with Crippen LogP contribution in [0.3, 0.4) is 0 Å². The summed E-state index contributed by atoms with van der Waals surface area (Å²) in [5.74, 6) is 0.468.